The molecule has 1 aliphatic rings. The lowest BCUT2D eigenvalue weighted by molar-refractivity contribution is -0.161. The van der Waals surface area contributed by atoms with Gasteiger partial charge in [-0.2, -0.15) is 4.40 Å². The van der Waals surface area contributed by atoms with Crippen LogP contribution in [0.5, 0.6) is 0 Å². The molecule has 0 aromatic carbocycles. The van der Waals surface area contributed by atoms with Gasteiger partial charge in [-0.05, 0) is 20.8 Å². The highest BCUT2D eigenvalue weighted by molar-refractivity contribution is 7.99. The molecule has 0 saturated heterocycles. The van der Waals surface area contributed by atoms with Crippen LogP contribution < -0.4 is 11.1 Å². The van der Waals surface area contributed by atoms with Crippen molar-refractivity contribution in [2.24, 2.45) is 15.3 Å². The third-order valence-corrected chi connectivity index (χ3v) is 2.44. The minimum Gasteiger partial charge on any atom is -0.478 e. The smallest absolute Gasteiger partial charge is 0.350 e. The number of nitrogens with two attached hydrogens (primary N) is 1. The van der Waals surface area contributed by atoms with E-state index in [1.807, 2.05) is 0 Å². The largest absolute Gasteiger partial charge is 0.478 e. The molecule has 16 heavy (non-hydrogen) atoms. The maximum Gasteiger partial charge on any atom is 0.350 e. The van der Waals surface area contributed by atoms with Crippen LogP contribution >= 0.6 is 11.9 Å². The summed E-state index contributed by atoms with van der Waals surface area (Å²) in [7, 11) is 0. The average Bonchev–Trinajstić information content (AvgIpc) is 2.61. The minimum atomic E-state index is -1.37. The summed E-state index contributed by atoms with van der Waals surface area (Å²) in [6.07, 6.45) is 0. The van der Waals surface area contributed by atoms with Crippen molar-refractivity contribution in [1.82, 2.24) is 5.32 Å². The second-order valence-corrected chi connectivity index (χ2v) is 4.59. The van der Waals surface area contributed by atoms with Crippen molar-refractivity contribution in [3.8, 4) is 0 Å². The lowest BCUT2D eigenvalue weighted by atomic mass is 10.1. The first-order chi connectivity index (χ1) is 7.33. The molecule has 0 radical (unpaired) electrons. The predicted octanol–water partition coefficient (Wildman–Crippen LogP) is 0.134. The Morgan fingerprint density at radius 3 is 2.81 bits per heavy atom. The molecule has 1 rings (SSSR count). The summed E-state index contributed by atoms with van der Waals surface area (Å²) < 4.78 is 4.00. The number of aliphatic carboxylic acids is 1. The van der Waals surface area contributed by atoms with E-state index in [1.165, 1.54) is 25.8 Å². The molecule has 8 heteroatoms. The molecule has 1 atom stereocenters. The number of carbonyl (C=O) groups is 1. The Labute approximate surface area is 97.3 Å². The Bertz CT molecular complexity index is 353. The highest BCUT2D eigenvalue weighted by atomic mass is 32.2. The molecular weight excluding hydrogens is 232 g/mol. The molecule has 1 heterocycles. The van der Waals surface area contributed by atoms with E-state index in [9.17, 15) is 4.79 Å². The highest BCUT2D eigenvalue weighted by Gasteiger charge is 2.30. The van der Waals surface area contributed by atoms with Crippen molar-refractivity contribution in [3.63, 3.8) is 0 Å². The molecule has 0 aromatic rings. The molecule has 90 valence electrons. The molecule has 0 spiro atoms. The number of hydrogen-bond acceptors (Lipinski definition) is 7. The normalized spacial score (nSPS) is 21.4. The van der Waals surface area contributed by atoms with Gasteiger partial charge in [-0.1, -0.05) is 5.16 Å². The summed E-state index contributed by atoms with van der Waals surface area (Å²) in [5.41, 5.74) is 4.33. The van der Waals surface area contributed by atoms with Crippen molar-refractivity contribution >= 4 is 29.5 Å². The van der Waals surface area contributed by atoms with Crippen LogP contribution in [-0.2, 0) is 9.63 Å². The molecule has 0 bridgehead atoms. The number of rotatable bonds is 4. The van der Waals surface area contributed by atoms with Crippen LogP contribution in [0.3, 0.4) is 0 Å². The van der Waals surface area contributed by atoms with E-state index in [-0.39, 0.29) is 5.50 Å². The van der Waals surface area contributed by atoms with Gasteiger partial charge in [-0.15, -0.1) is 0 Å². The third-order valence-electron chi connectivity index (χ3n) is 1.81. The predicted molar refractivity (Wildman–Crippen MR) is 62.0 cm³/mol. The summed E-state index contributed by atoms with van der Waals surface area (Å²) in [4.78, 5) is 15.7. The zero-order valence-electron chi connectivity index (χ0n) is 9.22. The molecule has 0 aliphatic carbocycles. The van der Waals surface area contributed by atoms with E-state index in [0.717, 1.165) is 0 Å². The fourth-order valence-electron chi connectivity index (χ4n) is 0.732. The fourth-order valence-corrected chi connectivity index (χ4v) is 1.30. The van der Waals surface area contributed by atoms with Crippen molar-refractivity contribution in [1.29, 1.82) is 0 Å². The molecule has 1 aliphatic heterocycles. The van der Waals surface area contributed by atoms with Gasteiger partial charge < -0.3 is 21.0 Å². The number of oxime groups is 1. The molecule has 0 amide bonds. The van der Waals surface area contributed by atoms with E-state index >= 15 is 0 Å². The zero-order valence-corrected chi connectivity index (χ0v) is 10.0. The SMILES string of the molecule is C/C(=N\OC(C)(C)C(=O)O)C1=NSC(N)N1. The molecule has 7 nitrogen and oxygen atoms in total. The van der Waals surface area contributed by atoms with Crippen LogP contribution in [0.1, 0.15) is 20.8 Å². The van der Waals surface area contributed by atoms with Crippen LogP contribution in [-0.4, -0.2) is 33.7 Å². The molecule has 4 N–H and O–H groups in total. The van der Waals surface area contributed by atoms with Gasteiger partial charge in [-0.25, -0.2) is 4.79 Å². The lowest BCUT2D eigenvalue weighted by Gasteiger charge is -2.16. The van der Waals surface area contributed by atoms with E-state index in [0.29, 0.717) is 11.5 Å². The maximum absolute atomic E-state index is 10.7. The van der Waals surface area contributed by atoms with E-state index in [4.69, 9.17) is 15.7 Å². The van der Waals surface area contributed by atoms with E-state index in [2.05, 4.69) is 14.9 Å². The highest BCUT2D eigenvalue weighted by Crippen LogP contribution is 2.13. The van der Waals surface area contributed by atoms with Crippen LogP contribution in [0.25, 0.3) is 0 Å². The summed E-state index contributed by atoms with van der Waals surface area (Å²) in [6.45, 7) is 4.48. The second-order valence-electron chi connectivity index (χ2n) is 3.69. The Kier molecular flexibility index (Phi) is 3.76. The van der Waals surface area contributed by atoms with Crippen molar-refractivity contribution < 1.29 is 14.7 Å². The Morgan fingerprint density at radius 1 is 1.75 bits per heavy atom. The summed E-state index contributed by atoms with van der Waals surface area (Å²) in [6, 6.07) is 0. The third kappa shape index (κ3) is 3.11. The van der Waals surface area contributed by atoms with Crippen molar-refractivity contribution in [2.45, 2.75) is 31.9 Å². The number of nitrogens with zero attached hydrogens (tertiary/aromatic N) is 2. The monoisotopic (exact) mass is 246 g/mol. The van der Waals surface area contributed by atoms with Gasteiger partial charge in [0, 0.05) is 11.9 Å². The summed E-state index contributed by atoms with van der Waals surface area (Å²) >= 11 is 1.18. The van der Waals surface area contributed by atoms with Crippen molar-refractivity contribution in [2.75, 3.05) is 0 Å². The number of amidine groups is 1. The number of carboxylic acid groups (broad SMARTS) is 1. The van der Waals surface area contributed by atoms with Crippen LogP contribution in [0.15, 0.2) is 9.55 Å². The lowest BCUT2D eigenvalue weighted by Crippen LogP contribution is -2.38. The molecule has 1 unspecified atom stereocenters. The van der Waals surface area contributed by atoms with Gasteiger partial charge in [0.15, 0.2) is 5.84 Å². The second kappa shape index (κ2) is 4.71. The van der Waals surface area contributed by atoms with Gasteiger partial charge in [0.25, 0.3) is 0 Å². The van der Waals surface area contributed by atoms with E-state index in [1.54, 1.807) is 6.92 Å². The minimum absolute atomic E-state index is 0.298. The quantitative estimate of drug-likeness (QED) is 0.369. The first kappa shape index (κ1) is 12.8. The van der Waals surface area contributed by atoms with E-state index < -0.39 is 11.6 Å². The van der Waals surface area contributed by atoms with Gasteiger partial charge >= 0.3 is 5.97 Å². The Balaban J connectivity index is 2.62. The zero-order chi connectivity index (χ0) is 12.3. The van der Waals surface area contributed by atoms with Gasteiger partial charge in [-0.3, -0.25) is 0 Å². The summed E-state index contributed by atoms with van der Waals surface area (Å²) in [5.74, 6) is -0.588. The van der Waals surface area contributed by atoms with Gasteiger partial charge in [0.05, 0.1) is 0 Å². The van der Waals surface area contributed by atoms with Gasteiger partial charge in [0.1, 0.15) is 11.2 Å². The first-order valence-electron chi connectivity index (χ1n) is 4.55. The van der Waals surface area contributed by atoms with Crippen LogP contribution in [0.2, 0.25) is 0 Å². The number of hydrogen-bond donors (Lipinski definition) is 3. The van der Waals surface area contributed by atoms with Crippen molar-refractivity contribution in [3.05, 3.63) is 0 Å². The first-order valence-corrected chi connectivity index (χ1v) is 5.39. The van der Waals surface area contributed by atoms with Crippen LogP contribution in [0, 0.1) is 0 Å². The van der Waals surface area contributed by atoms with Crippen LogP contribution in [0.4, 0.5) is 0 Å². The average molecular weight is 246 g/mol. The molecule has 0 aromatic heterocycles. The Hall–Kier alpha value is -1.28. The molecule has 0 saturated carbocycles. The molecule has 0 fully saturated rings. The molecular formula is C8H14N4O3S. The topological polar surface area (TPSA) is 109 Å². The number of nitrogens with one attached hydrogen (secondary N) is 1. The Morgan fingerprint density at radius 2 is 2.38 bits per heavy atom. The number of carboxylic acids is 1. The maximum atomic E-state index is 10.7. The standard InChI is InChI=1S/C8H14N4O3S/c1-4(5-10-7(9)16-12-5)11-15-8(2,3)6(13)14/h7H,9H2,1-3H3,(H,10,12)(H,13,14)/b11-4+. The van der Waals surface area contributed by atoms with Gasteiger partial charge in [0.2, 0.25) is 5.60 Å². The fraction of sp³-hybridized carbons (Fsp3) is 0.625. The summed E-state index contributed by atoms with van der Waals surface area (Å²) in [5, 5.41) is 15.4.